The van der Waals surface area contributed by atoms with Gasteiger partial charge in [0.2, 0.25) is 0 Å². The van der Waals surface area contributed by atoms with Crippen molar-refractivity contribution in [1.82, 2.24) is 20.0 Å². The van der Waals surface area contributed by atoms with Gasteiger partial charge in [-0.25, -0.2) is 4.98 Å². The SMILES string of the molecule is CCn1c(-c2cccnc2C(C)OC)c(CC(C)(C)COC=O)c2cc(-c3csc(CCC(=O)CCCCNN)n3)ccc21.CSC. The number of unbranched alkanes of at least 4 members (excludes halogenated alkanes) is 1. The van der Waals surface area contributed by atoms with Gasteiger partial charge in [0.25, 0.3) is 6.47 Å². The number of aromatic nitrogens is 3. The summed E-state index contributed by atoms with van der Waals surface area (Å²) >= 11 is 3.35. The van der Waals surface area contributed by atoms with Gasteiger partial charge in [-0.2, -0.15) is 11.8 Å². The van der Waals surface area contributed by atoms with E-state index in [0.29, 0.717) is 38.8 Å². The number of benzene rings is 1. The van der Waals surface area contributed by atoms with Crippen molar-refractivity contribution >= 4 is 46.3 Å². The van der Waals surface area contributed by atoms with Crippen molar-refractivity contribution in [2.45, 2.75) is 78.9 Å². The molecule has 0 radical (unpaired) electrons. The highest BCUT2D eigenvalue weighted by molar-refractivity contribution is 7.97. The molecule has 0 bridgehead atoms. The van der Waals surface area contributed by atoms with Gasteiger partial charge < -0.3 is 14.0 Å². The summed E-state index contributed by atoms with van der Waals surface area (Å²) < 4.78 is 13.3. The summed E-state index contributed by atoms with van der Waals surface area (Å²) in [5.74, 6) is 5.57. The third-order valence-corrected chi connectivity index (χ3v) is 8.91. The number of Topliss-reactive ketones (excluding diaryl/α,β-unsaturated/α-hetero) is 1. The van der Waals surface area contributed by atoms with Crippen molar-refractivity contribution in [2.24, 2.45) is 11.3 Å². The summed E-state index contributed by atoms with van der Waals surface area (Å²) in [6.07, 6.45) is 9.85. The van der Waals surface area contributed by atoms with Crippen LogP contribution >= 0.6 is 23.1 Å². The maximum absolute atomic E-state index is 12.4. The number of hydrogen-bond acceptors (Lipinski definition) is 10. The first-order valence-corrected chi connectivity index (χ1v) is 18.6. The van der Waals surface area contributed by atoms with Crippen molar-refractivity contribution in [2.75, 3.05) is 32.8 Å². The molecular weight excluding hydrogens is 631 g/mol. The molecule has 0 aliphatic rings. The van der Waals surface area contributed by atoms with Gasteiger partial charge in [0.05, 0.1) is 34.8 Å². The second-order valence-electron chi connectivity index (χ2n) is 12.4. The molecule has 1 atom stereocenters. The Kier molecular flexibility index (Phi) is 15.5. The Labute approximate surface area is 288 Å². The van der Waals surface area contributed by atoms with Crippen LogP contribution in [0, 0.1) is 5.41 Å². The van der Waals surface area contributed by atoms with Crippen LogP contribution in [0.2, 0.25) is 0 Å². The third kappa shape index (κ3) is 10.4. The number of fused-ring (bicyclic) bond motifs is 1. The summed E-state index contributed by atoms with van der Waals surface area (Å²) in [5.41, 5.74) is 9.56. The van der Waals surface area contributed by atoms with Crippen LogP contribution in [0.1, 0.15) is 75.7 Å². The number of carbonyl (C=O) groups is 2. The number of rotatable bonds is 18. The average molecular weight is 682 g/mol. The molecule has 4 rings (SSSR count). The minimum absolute atomic E-state index is 0.187. The molecule has 256 valence electrons. The molecule has 0 aliphatic heterocycles. The minimum atomic E-state index is -0.311. The van der Waals surface area contributed by atoms with Gasteiger partial charge in [0, 0.05) is 78.5 Å². The fraction of sp³-hybridized carbons (Fsp3) is 0.500. The summed E-state index contributed by atoms with van der Waals surface area (Å²) in [4.78, 5) is 33.1. The van der Waals surface area contributed by atoms with E-state index < -0.39 is 0 Å². The van der Waals surface area contributed by atoms with Crippen LogP contribution in [0.25, 0.3) is 33.4 Å². The molecule has 0 aliphatic carbocycles. The zero-order chi connectivity index (χ0) is 34.4. The third-order valence-electron chi connectivity index (χ3n) is 8.01. The fourth-order valence-corrected chi connectivity index (χ4v) is 6.53. The van der Waals surface area contributed by atoms with Crippen LogP contribution in [0.4, 0.5) is 0 Å². The van der Waals surface area contributed by atoms with Crippen LogP contribution in [0.15, 0.2) is 41.9 Å². The van der Waals surface area contributed by atoms with E-state index in [9.17, 15) is 9.59 Å². The Morgan fingerprint density at radius 2 is 1.98 bits per heavy atom. The van der Waals surface area contributed by atoms with E-state index in [4.69, 9.17) is 25.3 Å². The molecule has 9 nitrogen and oxygen atoms in total. The van der Waals surface area contributed by atoms with Gasteiger partial charge in [-0.05, 0) is 75.5 Å². The largest absolute Gasteiger partial charge is 0.467 e. The zero-order valence-electron chi connectivity index (χ0n) is 28.9. The molecule has 0 fully saturated rings. The van der Waals surface area contributed by atoms with E-state index in [1.807, 2.05) is 25.5 Å². The molecule has 3 aromatic heterocycles. The summed E-state index contributed by atoms with van der Waals surface area (Å²) in [6.45, 7) is 10.7. The Hall–Kier alpha value is -3.09. The van der Waals surface area contributed by atoms with Gasteiger partial charge in [-0.15, -0.1) is 11.3 Å². The van der Waals surface area contributed by atoms with E-state index in [1.165, 1.54) is 5.56 Å². The van der Waals surface area contributed by atoms with Crippen LogP contribution in [-0.4, -0.2) is 59.6 Å². The quantitative estimate of drug-likeness (QED) is 0.0479. The first kappa shape index (κ1) is 38.4. The predicted molar refractivity (Wildman–Crippen MR) is 196 cm³/mol. The molecular formula is C36H51N5O4S2. The number of nitrogens with two attached hydrogens (primary N) is 1. The Balaban J connectivity index is 0.00000192. The van der Waals surface area contributed by atoms with Crippen molar-refractivity contribution in [3.8, 4) is 22.5 Å². The number of thioether (sulfide) groups is 1. The Bertz CT molecular complexity index is 1580. The van der Waals surface area contributed by atoms with Gasteiger partial charge in [0.1, 0.15) is 5.78 Å². The molecule has 0 amide bonds. The summed E-state index contributed by atoms with van der Waals surface area (Å²) in [5, 5.41) is 4.17. The summed E-state index contributed by atoms with van der Waals surface area (Å²) in [7, 11) is 1.70. The first-order valence-electron chi connectivity index (χ1n) is 16.1. The molecule has 0 saturated heterocycles. The highest BCUT2D eigenvalue weighted by atomic mass is 32.2. The standard InChI is InChI=1S/C34H45N5O4S.C2H6S/c1-6-39-30-14-12-24(29-20-44-31(38-29)15-13-25(41)10-7-8-17-37-35)18-27(30)28(19-34(3,4)21-43-22-40)33(39)26-11-9-16-36-32(26)23(2)42-5;1-3-2/h9,11-12,14,16,18,20,22-23,37H,6-8,10,13,15,17,19,21,35H2,1-5H3;1-2H3. The molecule has 1 aromatic carbocycles. The lowest BCUT2D eigenvalue weighted by molar-refractivity contribution is -0.131. The van der Waals surface area contributed by atoms with Gasteiger partial charge in [-0.1, -0.05) is 19.9 Å². The van der Waals surface area contributed by atoms with E-state index in [1.54, 1.807) is 36.4 Å². The minimum Gasteiger partial charge on any atom is -0.467 e. The van der Waals surface area contributed by atoms with Crippen LogP contribution in [0.5, 0.6) is 0 Å². The Morgan fingerprint density at radius 1 is 1.21 bits per heavy atom. The molecule has 0 saturated carbocycles. The molecule has 3 N–H and O–H groups in total. The van der Waals surface area contributed by atoms with Crippen LogP contribution < -0.4 is 11.3 Å². The number of ketones is 1. The molecule has 0 spiro atoms. The van der Waals surface area contributed by atoms with Crippen molar-refractivity contribution in [3.05, 3.63) is 58.2 Å². The number of hydrogen-bond donors (Lipinski definition) is 2. The van der Waals surface area contributed by atoms with E-state index in [2.05, 4.69) is 60.4 Å². The maximum Gasteiger partial charge on any atom is 0.293 e. The van der Waals surface area contributed by atoms with Gasteiger partial charge in [0.15, 0.2) is 0 Å². The fourth-order valence-electron chi connectivity index (χ4n) is 5.72. The second kappa shape index (κ2) is 19.0. The van der Waals surface area contributed by atoms with Crippen molar-refractivity contribution in [3.63, 3.8) is 0 Å². The highest BCUT2D eigenvalue weighted by Gasteiger charge is 2.28. The summed E-state index contributed by atoms with van der Waals surface area (Å²) in [6, 6.07) is 10.6. The smallest absolute Gasteiger partial charge is 0.293 e. The molecule has 4 aromatic rings. The number of hydrazine groups is 1. The van der Waals surface area contributed by atoms with Crippen molar-refractivity contribution in [1.29, 1.82) is 0 Å². The lowest BCUT2D eigenvalue weighted by Gasteiger charge is -2.25. The number of aryl methyl sites for hydroxylation is 2. The van der Waals surface area contributed by atoms with Gasteiger partial charge >= 0.3 is 0 Å². The lowest BCUT2D eigenvalue weighted by Crippen LogP contribution is -2.22. The van der Waals surface area contributed by atoms with Gasteiger partial charge in [-0.3, -0.25) is 25.8 Å². The van der Waals surface area contributed by atoms with Crippen LogP contribution in [0.3, 0.4) is 0 Å². The predicted octanol–water partition coefficient (Wildman–Crippen LogP) is 7.41. The van der Waals surface area contributed by atoms with Crippen molar-refractivity contribution < 1.29 is 19.1 Å². The number of thiazole rings is 1. The molecule has 47 heavy (non-hydrogen) atoms. The Morgan fingerprint density at radius 3 is 2.66 bits per heavy atom. The number of nitrogens with one attached hydrogen (secondary N) is 1. The van der Waals surface area contributed by atoms with E-state index in [-0.39, 0.29) is 17.3 Å². The lowest BCUT2D eigenvalue weighted by atomic mass is 9.84. The normalized spacial score (nSPS) is 12.1. The number of carbonyl (C=O) groups excluding carboxylic acids is 2. The average Bonchev–Trinajstić information content (AvgIpc) is 3.67. The molecule has 1 unspecified atom stereocenters. The number of methoxy groups -OCH3 is 1. The highest BCUT2D eigenvalue weighted by Crippen LogP contribution is 2.41. The van der Waals surface area contributed by atoms with Crippen LogP contribution in [-0.2, 0) is 38.4 Å². The first-order chi connectivity index (χ1) is 22.6. The number of nitrogens with zero attached hydrogens (tertiary/aromatic N) is 3. The zero-order valence-corrected chi connectivity index (χ0v) is 30.6. The molecule has 11 heteroatoms. The number of pyridine rings is 1. The topological polar surface area (TPSA) is 121 Å². The van der Waals surface area contributed by atoms with E-state index in [0.717, 1.165) is 70.1 Å². The number of ether oxygens (including phenoxy) is 2. The second-order valence-corrected chi connectivity index (χ2v) is 14.1. The molecule has 3 heterocycles. The van der Waals surface area contributed by atoms with E-state index >= 15 is 0 Å². The monoisotopic (exact) mass is 681 g/mol. The maximum atomic E-state index is 12.4.